The summed E-state index contributed by atoms with van der Waals surface area (Å²) < 4.78 is 0.763. The van der Waals surface area contributed by atoms with Crippen LogP contribution in [0.2, 0.25) is 0 Å². The number of thiophene rings is 1. The van der Waals surface area contributed by atoms with Crippen molar-refractivity contribution < 1.29 is 9.59 Å². The summed E-state index contributed by atoms with van der Waals surface area (Å²) in [5.41, 5.74) is 3.48. The minimum atomic E-state index is 0.0512. The van der Waals surface area contributed by atoms with E-state index in [-0.39, 0.29) is 11.8 Å². The van der Waals surface area contributed by atoms with E-state index >= 15 is 0 Å². The number of benzene rings is 1. The number of hydrogen-bond acceptors (Lipinski definition) is 8. The number of anilines is 2. The lowest BCUT2D eigenvalue weighted by atomic mass is 10.1. The zero-order chi connectivity index (χ0) is 22.5. The van der Waals surface area contributed by atoms with Crippen LogP contribution in [0.5, 0.6) is 0 Å². The topological polar surface area (TPSA) is 78.4 Å². The zero-order valence-corrected chi connectivity index (χ0v) is 20.5. The van der Waals surface area contributed by atoms with E-state index in [1.165, 1.54) is 45.6 Å². The lowest BCUT2D eigenvalue weighted by molar-refractivity contribution is -0.129. The molecule has 4 rings (SSSR count). The lowest BCUT2D eigenvalue weighted by Crippen LogP contribution is -2.50. The second-order valence-electron chi connectivity index (χ2n) is 7.40. The van der Waals surface area contributed by atoms with Gasteiger partial charge in [-0.15, -0.1) is 21.5 Å². The monoisotopic (exact) mass is 487 g/mol. The maximum Gasteiger partial charge on any atom is 0.264 e. The molecule has 0 aliphatic carbocycles. The number of hydrogen-bond donors (Lipinski definition) is 1. The SMILES string of the molecule is CCc1cccc(C)c1Nc1nnc(SCC(=O)N2CCN(C(=O)c3cccs3)CC2)s1. The van der Waals surface area contributed by atoms with Gasteiger partial charge in [-0.3, -0.25) is 9.59 Å². The molecule has 0 bridgehead atoms. The molecule has 3 heterocycles. The van der Waals surface area contributed by atoms with Crippen LogP contribution in [-0.2, 0) is 11.2 Å². The fraction of sp³-hybridized carbons (Fsp3) is 0.364. The number of para-hydroxylation sites is 1. The van der Waals surface area contributed by atoms with Gasteiger partial charge >= 0.3 is 0 Å². The van der Waals surface area contributed by atoms with Crippen LogP contribution < -0.4 is 5.32 Å². The first-order chi connectivity index (χ1) is 15.5. The van der Waals surface area contributed by atoms with E-state index in [4.69, 9.17) is 0 Å². The molecule has 1 fully saturated rings. The van der Waals surface area contributed by atoms with Crippen molar-refractivity contribution in [1.82, 2.24) is 20.0 Å². The van der Waals surface area contributed by atoms with E-state index in [1.807, 2.05) is 27.3 Å². The van der Waals surface area contributed by atoms with Crippen molar-refractivity contribution in [3.63, 3.8) is 0 Å². The number of aromatic nitrogens is 2. The number of thioether (sulfide) groups is 1. The van der Waals surface area contributed by atoms with Crippen LogP contribution in [0.1, 0.15) is 27.7 Å². The van der Waals surface area contributed by atoms with E-state index in [0.29, 0.717) is 31.9 Å². The van der Waals surface area contributed by atoms with Crippen molar-refractivity contribution in [3.8, 4) is 0 Å². The van der Waals surface area contributed by atoms with Crippen LogP contribution in [0.25, 0.3) is 0 Å². The molecule has 0 spiro atoms. The highest BCUT2D eigenvalue weighted by Gasteiger charge is 2.25. The molecule has 1 N–H and O–H groups in total. The third-order valence-electron chi connectivity index (χ3n) is 5.35. The van der Waals surface area contributed by atoms with Crippen LogP contribution in [0.4, 0.5) is 10.8 Å². The van der Waals surface area contributed by atoms with Gasteiger partial charge in [0.2, 0.25) is 11.0 Å². The van der Waals surface area contributed by atoms with E-state index in [1.54, 1.807) is 0 Å². The molecular formula is C22H25N5O2S3. The van der Waals surface area contributed by atoms with Gasteiger partial charge in [-0.1, -0.05) is 54.3 Å². The van der Waals surface area contributed by atoms with Crippen LogP contribution in [0.15, 0.2) is 40.1 Å². The van der Waals surface area contributed by atoms with Crippen LogP contribution >= 0.6 is 34.4 Å². The standard InChI is InChI=1S/C22H25N5O2S3/c1-3-16-7-4-6-15(2)19(16)23-21-24-25-22(32-21)31-14-18(28)26-9-11-27(12-10-26)20(29)17-8-5-13-30-17/h4-8,13H,3,9-12,14H2,1-2H3,(H,23,24). The Morgan fingerprint density at radius 1 is 1.09 bits per heavy atom. The first kappa shape index (κ1) is 22.8. The second-order valence-corrected chi connectivity index (χ2v) is 10.5. The van der Waals surface area contributed by atoms with Gasteiger partial charge < -0.3 is 15.1 Å². The molecule has 2 aromatic heterocycles. The van der Waals surface area contributed by atoms with Crippen molar-refractivity contribution in [2.75, 3.05) is 37.2 Å². The first-order valence-corrected chi connectivity index (χ1v) is 13.2. The molecule has 168 valence electrons. The van der Waals surface area contributed by atoms with Gasteiger partial charge in [0, 0.05) is 31.9 Å². The maximum absolute atomic E-state index is 12.6. The Labute approximate surface area is 199 Å². The molecular weight excluding hydrogens is 462 g/mol. The third kappa shape index (κ3) is 5.31. The highest BCUT2D eigenvalue weighted by molar-refractivity contribution is 8.01. The summed E-state index contributed by atoms with van der Waals surface area (Å²) >= 11 is 4.31. The number of piperazine rings is 1. The number of amides is 2. The molecule has 1 aromatic carbocycles. The molecule has 2 amide bonds. The van der Waals surface area contributed by atoms with E-state index < -0.39 is 0 Å². The molecule has 3 aromatic rings. The Balaban J connectivity index is 1.27. The fourth-order valence-corrected chi connectivity index (χ4v) is 5.91. The molecule has 10 heteroatoms. The van der Waals surface area contributed by atoms with Gasteiger partial charge in [-0.05, 0) is 35.9 Å². The van der Waals surface area contributed by atoms with Crippen LogP contribution in [0.3, 0.4) is 0 Å². The Morgan fingerprint density at radius 3 is 2.59 bits per heavy atom. The molecule has 7 nitrogen and oxygen atoms in total. The Hall–Kier alpha value is -2.43. The van der Waals surface area contributed by atoms with Gasteiger partial charge in [0.15, 0.2) is 4.34 Å². The lowest BCUT2D eigenvalue weighted by Gasteiger charge is -2.34. The normalized spacial score (nSPS) is 13.9. The molecule has 0 radical (unpaired) electrons. The summed E-state index contributed by atoms with van der Waals surface area (Å²) in [5.74, 6) is 0.434. The second kappa shape index (κ2) is 10.5. The van der Waals surface area contributed by atoms with Gasteiger partial charge in [0.05, 0.1) is 10.6 Å². The highest BCUT2D eigenvalue weighted by Crippen LogP contribution is 2.31. The maximum atomic E-state index is 12.6. The summed E-state index contributed by atoms with van der Waals surface area (Å²) in [6, 6.07) is 9.97. The fourth-order valence-electron chi connectivity index (χ4n) is 3.56. The minimum Gasteiger partial charge on any atom is -0.338 e. The molecule has 32 heavy (non-hydrogen) atoms. The molecule has 0 atom stereocenters. The highest BCUT2D eigenvalue weighted by atomic mass is 32.2. The average Bonchev–Trinajstić information content (AvgIpc) is 3.51. The predicted octanol–water partition coefficient (Wildman–Crippen LogP) is 4.29. The first-order valence-electron chi connectivity index (χ1n) is 10.5. The number of rotatable bonds is 7. The Kier molecular flexibility index (Phi) is 7.44. The summed E-state index contributed by atoms with van der Waals surface area (Å²) in [6.45, 7) is 6.46. The van der Waals surface area contributed by atoms with Crippen LogP contribution in [0, 0.1) is 6.92 Å². The Morgan fingerprint density at radius 2 is 1.88 bits per heavy atom. The van der Waals surface area contributed by atoms with Crippen molar-refractivity contribution in [2.24, 2.45) is 0 Å². The van der Waals surface area contributed by atoms with E-state index in [0.717, 1.165) is 26.5 Å². The smallest absolute Gasteiger partial charge is 0.264 e. The van der Waals surface area contributed by atoms with Gasteiger partial charge in [0.1, 0.15) is 0 Å². The van der Waals surface area contributed by atoms with Crippen molar-refractivity contribution in [3.05, 3.63) is 51.7 Å². The molecule has 1 aliphatic rings. The molecule has 1 aliphatic heterocycles. The summed E-state index contributed by atoms with van der Waals surface area (Å²) in [7, 11) is 0. The average molecular weight is 488 g/mol. The van der Waals surface area contributed by atoms with Crippen LogP contribution in [-0.4, -0.2) is 63.7 Å². The predicted molar refractivity (Wildman–Crippen MR) is 131 cm³/mol. The van der Waals surface area contributed by atoms with E-state index in [2.05, 4.69) is 47.6 Å². The van der Waals surface area contributed by atoms with Gasteiger partial charge in [-0.2, -0.15) is 0 Å². The van der Waals surface area contributed by atoms with Crippen molar-refractivity contribution >= 4 is 57.1 Å². The quantitative estimate of drug-likeness (QED) is 0.501. The van der Waals surface area contributed by atoms with Crippen molar-refractivity contribution in [2.45, 2.75) is 24.6 Å². The molecule has 1 saturated heterocycles. The number of carbonyl (C=O) groups is 2. The summed E-state index contributed by atoms with van der Waals surface area (Å²) in [5, 5.41) is 14.5. The molecule has 0 unspecified atom stereocenters. The minimum absolute atomic E-state index is 0.0512. The third-order valence-corrected chi connectivity index (χ3v) is 8.16. The largest absolute Gasteiger partial charge is 0.338 e. The Bertz CT molecular complexity index is 1080. The number of carbonyl (C=O) groups excluding carboxylic acids is 2. The van der Waals surface area contributed by atoms with Gasteiger partial charge in [-0.25, -0.2) is 0 Å². The van der Waals surface area contributed by atoms with Gasteiger partial charge in [0.25, 0.3) is 5.91 Å². The summed E-state index contributed by atoms with van der Waals surface area (Å²) in [6.07, 6.45) is 0.936. The number of nitrogens with zero attached hydrogens (tertiary/aromatic N) is 4. The van der Waals surface area contributed by atoms with Crippen molar-refractivity contribution in [1.29, 1.82) is 0 Å². The summed E-state index contributed by atoms with van der Waals surface area (Å²) in [4.78, 5) is 29.5. The van der Waals surface area contributed by atoms with E-state index in [9.17, 15) is 9.59 Å². The molecule has 0 saturated carbocycles. The number of nitrogens with one attached hydrogen (secondary N) is 1. The zero-order valence-electron chi connectivity index (χ0n) is 18.0. The number of aryl methyl sites for hydroxylation is 2.